The fourth-order valence-corrected chi connectivity index (χ4v) is 2.40. The maximum Gasteiger partial charge on any atom is 0.271 e. The van der Waals surface area contributed by atoms with Gasteiger partial charge in [-0.2, -0.15) is 5.10 Å². The Morgan fingerprint density at radius 3 is 2.38 bits per heavy atom. The molecule has 0 aliphatic heterocycles. The van der Waals surface area contributed by atoms with Crippen molar-refractivity contribution in [1.82, 2.24) is 5.43 Å². The van der Waals surface area contributed by atoms with Crippen LogP contribution in [0.15, 0.2) is 53.6 Å². The molecule has 2 aromatic rings. The monoisotopic (exact) mass is 353 g/mol. The lowest BCUT2D eigenvalue weighted by Gasteiger charge is -2.13. The lowest BCUT2D eigenvalue weighted by atomic mass is 10.0. The highest BCUT2D eigenvalue weighted by atomic mass is 16.3. The van der Waals surface area contributed by atoms with Gasteiger partial charge in [-0.05, 0) is 48.7 Å². The molecule has 0 atom stereocenters. The number of rotatable bonds is 6. The minimum absolute atomic E-state index is 0.0717. The smallest absolute Gasteiger partial charge is 0.271 e. The molecule has 0 spiro atoms. The number of benzene rings is 2. The van der Waals surface area contributed by atoms with Crippen molar-refractivity contribution in [3.05, 3.63) is 59.7 Å². The van der Waals surface area contributed by atoms with E-state index in [0.717, 1.165) is 11.3 Å². The molecule has 6 heteroatoms. The summed E-state index contributed by atoms with van der Waals surface area (Å²) in [6.45, 7) is 5.80. The summed E-state index contributed by atoms with van der Waals surface area (Å²) in [5.41, 5.74) is 5.11. The number of nitrogens with zero attached hydrogens (tertiary/aromatic N) is 1. The van der Waals surface area contributed by atoms with Crippen molar-refractivity contribution < 1.29 is 14.7 Å². The van der Waals surface area contributed by atoms with Crippen molar-refractivity contribution in [2.24, 2.45) is 5.10 Å². The Kier molecular flexibility index (Phi) is 6.49. The number of phenolic OH excluding ortho intramolecular Hbond substituents is 1. The summed E-state index contributed by atoms with van der Waals surface area (Å²) in [6, 6.07) is 13.5. The zero-order valence-corrected chi connectivity index (χ0v) is 15.1. The van der Waals surface area contributed by atoms with Crippen LogP contribution in [-0.2, 0) is 4.79 Å². The quantitative estimate of drug-likeness (QED) is 0.547. The number of amides is 2. The van der Waals surface area contributed by atoms with Crippen molar-refractivity contribution in [1.29, 1.82) is 0 Å². The molecule has 0 saturated carbocycles. The summed E-state index contributed by atoms with van der Waals surface area (Å²) >= 11 is 0. The first-order chi connectivity index (χ1) is 12.4. The van der Waals surface area contributed by atoms with Gasteiger partial charge < -0.3 is 10.4 Å². The van der Waals surface area contributed by atoms with E-state index in [0.29, 0.717) is 17.2 Å². The SMILES string of the molecule is CC(CC(=O)Nc1ccccc1C(C)C)=NNC(=O)c1ccc(O)cc1. The number of anilines is 1. The van der Waals surface area contributed by atoms with Crippen LogP contribution in [0.2, 0.25) is 0 Å². The summed E-state index contributed by atoms with van der Waals surface area (Å²) in [6.07, 6.45) is 0.0717. The standard InChI is InChI=1S/C20H23N3O3/c1-13(2)17-6-4-5-7-18(17)21-19(25)12-14(3)22-23-20(26)15-8-10-16(24)11-9-15/h4-11,13,24H,12H2,1-3H3,(H,21,25)(H,23,26). The number of carbonyl (C=O) groups excluding carboxylic acids is 2. The number of hydrogen-bond donors (Lipinski definition) is 3. The van der Waals surface area contributed by atoms with E-state index in [-0.39, 0.29) is 18.1 Å². The van der Waals surface area contributed by atoms with Crippen LogP contribution in [0.3, 0.4) is 0 Å². The summed E-state index contributed by atoms with van der Waals surface area (Å²) < 4.78 is 0. The van der Waals surface area contributed by atoms with Gasteiger partial charge in [-0.1, -0.05) is 32.0 Å². The van der Waals surface area contributed by atoms with Gasteiger partial charge in [0.15, 0.2) is 0 Å². The first-order valence-electron chi connectivity index (χ1n) is 8.38. The molecule has 2 rings (SSSR count). The Labute approximate surface area is 152 Å². The van der Waals surface area contributed by atoms with Crippen molar-refractivity contribution in [3.8, 4) is 5.75 Å². The zero-order chi connectivity index (χ0) is 19.1. The van der Waals surface area contributed by atoms with E-state index in [1.54, 1.807) is 6.92 Å². The van der Waals surface area contributed by atoms with Gasteiger partial charge in [0.2, 0.25) is 5.91 Å². The Hall–Kier alpha value is -3.15. The fourth-order valence-electron chi connectivity index (χ4n) is 2.40. The van der Waals surface area contributed by atoms with Gasteiger partial charge in [0, 0.05) is 17.0 Å². The highest BCUT2D eigenvalue weighted by Gasteiger charge is 2.10. The van der Waals surface area contributed by atoms with Crippen LogP contribution in [0.25, 0.3) is 0 Å². The van der Waals surface area contributed by atoms with Gasteiger partial charge in [-0.15, -0.1) is 0 Å². The van der Waals surface area contributed by atoms with E-state index in [2.05, 4.69) is 29.7 Å². The van der Waals surface area contributed by atoms with Gasteiger partial charge in [0.25, 0.3) is 5.91 Å². The Morgan fingerprint density at radius 2 is 1.73 bits per heavy atom. The molecule has 0 saturated heterocycles. The zero-order valence-electron chi connectivity index (χ0n) is 15.1. The first kappa shape index (κ1) is 19.2. The van der Waals surface area contributed by atoms with Crippen LogP contribution in [0.5, 0.6) is 5.75 Å². The number of hydrogen-bond acceptors (Lipinski definition) is 4. The normalized spacial score (nSPS) is 11.3. The summed E-state index contributed by atoms with van der Waals surface area (Å²) in [5.74, 6) is -0.224. The molecule has 0 radical (unpaired) electrons. The third-order valence-electron chi connectivity index (χ3n) is 3.75. The first-order valence-corrected chi connectivity index (χ1v) is 8.38. The molecular formula is C20H23N3O3. The second-order valence-corrected chi connectivity index (χ2v) is 6.30. The van der Waals surface area contributed by atoms with E-state index in [4.69, 9.17) is 0 Å². The van der Waals surface area contributed by atoms with Crippen LogP contribution in [0.1, 0.15) is 49.0 Å². The number of carbonyl (C=O) groups is 2. The molecule has 136 valence electrons. The minimum atomic E-state index is -0.407. The van der Waals surface area contributed by atoms with Gasteiger partial charge in [0.05, 0.1) is 6.42 Å². The lowest BCUT2D eigenvalue weighted by Crippen LogP contribution is -2.21. The van der Waals surface area contributed by atoms with Crippen molar-refractivity contribution >= 4 is 23.2 Å². The van der Waals surface area contributed by atoms with Crippen molar-refractivity contribution in [3.63, 3.8) is 0 Å². The van der Waals surface area contributed by atoms with Gasteiger partial charge in [-0.25, -0.2) is 5.43 Å². The number of phenols is 1. The van der Waals surface area contributed by atoms with E-state index in [9.17, 15) is 14.7 Å². The summed E-state index contributed by atoms with van der Waals surface area (Å²) in [7, 11) is 0. The maximum absolute atomic E-state index is 12.2. The predicted molar refractivity (Wildman–Crippen MR) is 102 cm³/mol. The third-order valence-corrected chi connectivity index (χ3v) is 3.75. The van der Waals surface area contributed by atoms with Crippen LogP contribution in [-0.4, -0.2) is 22.6 Å². The van der Waals surface area contributed by atoms with Crippen LogP contribution < -0.4 is 10.7 Å². The molecule has 0 bridgehead atoms. The second kappa shape index (κ2) is 8.80. The molecule has 26 heavy (non-hydrogen) atoms. The molecule has 3 N–H and O–H groups in total. The van der Waals surface area contributed by atoms with E-state index in [1.807, 2.05) is 24.3 Å². The fraction of sp³-hybridized carbons (Fsp3) is 0.250. The summed E-state index contributed by atoms with van der Waals surface area (Å²) in [5, 5.41) is 16.1. The van der Waals surface area contributed by atoms with Crippen molar-refractivity contribution in [2.45, 2.75) is 33.1 Å². The lowest BCUT2D eigenvalue weighted by molar-refractivity contribution is -0.115. The molecular weight excluding hydrogens is 330 g/mol. The van der Waals surface area contributed by atoms with Gasteiger partial charge >= 0.3 is 0 Å². The maximum atomic E-state index is 12.2. The molecule has 0 aliphatic carbocycles. The predicted octanol–water partition coefficient (Wildman–Crippen LogP) is 3.65. The molecule has 2 aromatic carbocycles. The van der Waals surface area contributed by atoms with E-state index >= 15 is 0 Å². The summed E-state index contributed by atoms with van der Waals surface area (Å²) in [4.78, 5) is 24.2. The largest absolute Gasteiger partial charge is 0.508 e. The average molecular weight is 353 g/mol. The molecule has 2 amide bonds. The number of nitrogens with one attached hydrogen (secondary N) is 2. The second-order valence-electron chi connectivity index (χ2n) is 6.30. The topological polar surface area (TPSA) is 90.8 Å². The Morgan fingerprint density at radius 1 is 1.08 bits per heavy atom. The van der Waals surface area contributed by atoms with Crippen LogP contribution >= 0.6 is 0 Å². The third kappa shape index (κ3) is 5.44. The molecule has 0 aliphatic rings. The van der Waals surface area contributed by atoms with Crippen LogP contribution in [0.4, 0.5) is 5.69 Å². The van der Waals surface area contributed by atoms with Gasteiger partial charge in [0.1, 0.15) is 5.75 Å². The molecule has 0 fully saturated rings. The molecule has 0 unspecified atom stereocenters. The van der Waals surface area contributed by atoms with Crippen LogP contribution in [0, 0.1) is 0 Å². The number of aromatic hydroxyl groups is 1. The minimum Gasteiger partial charge on any atom is -0.508 e. The highest BCUT2D eigenvalue weighted by molar-refractivity contribution is 6.06. The number of para-hydroxylation sites is 1. The Balaban J connectivity index is 1.93. The van der Waals surface area contributed by atoms with Crippen molar-refractivity contribution in [2.75, 3.05) is 5.32 Å². The molecule has 0 aromatic heterocycles. The van der Waals surface area contributed by atoms with E-state index < -0.39 is 5.91 Å². The molecule has 6 nitrogen and oxygen atoms in total. The van der Waals surface area contributed by atoms with Gasteiger partial charge in [-0.3, -0.25) is 9.59 Å². The highest BCUT2D eigenvalue weighted by Crippen LogP contribution is 2.23. The Bertz CT molecular complexity index is 811. The van der Waals surface area contributed by atoms with E-state index in [1.165, 1.54) is 24.3 Å². The number of hydrazone groups is 1. The average Bonchev–Trinajstić information content (AvgIpc) is 2.60. The molecule has 0 heterocycles.